The quantitative estimate of drug-likeness (QED) is 0.195. The fourth-order valence-electron chi connectivity index (χ4n) is 1.46. The average Bonchev–Trinajstić information content (AvgIpc) is 2.41. The number of nitrogens with one attached hydrogen (secondary N) is 1. The van der Waals surface area contributed by atoms with Gasteiger partial charge in [0.05, 0.1) is 5.75 Å². The molecular formula is C13H18NNaO7S. The van der Waals surface area contributed by atoms with Gasteiger partial charge < -0.3 is 16.2 Å². The van der Waals surface area contributed by atoms with E-state index in [9.17, 15) is 18.0 Å². The number of ether oxygens (including phenoxy) is 2. The van der Waals surface area contributed by atoms with Crippen LogP contribution in [0.5, 0.6) is 5.75 Å². The van der Waals surface area contributed by atoms with Gasteiger partial charge in [0.2, 0.25) is 0 Å². The molecule has 0 saturated carbocycles. The van der Waals surface area contributed by atoms with Crippen LogP contribution in [0.4, 0.5) is 4.79 Å². The molecule has 0 saturated heterocycles. The fourth-order valence-corrected chi connectivity index (χ4v) is 1.97. The van der Waals surface area contributed by atoms with Gasteiger partial charge in [-0.1, -0.05) is 12.1 Å². The first-order chi connectivity index (χ1) is 10.3. The van der Waals surface area contributed by atoms with E-state index in [-0.39, 0.29) is 50.6 Å². The molecule has 124 valence electrons. The molecule has 0 aliphatic heterocycles. The van der Waals surface area contributed by atoms with Gasteiger partial charge in [0, 0.05) is 13.5 Å². The van der Waals surface area contributed by atoms with Gasteiger partial charge in [0.1, 0.15) is 12.4 Å². The van der Waals surface area contributed by atoms with Crippen molar-refractivity contribution in [3.8, 4) is 5.75 Å². The van der Waals surface area contributed by atoms with Gasteiger partial charge in [-0.25, -0.2) is 4.79 Å². The minimum Gasteiger partial charge on any atom is -1.00 e. The maximum absolute atomic E-state index is 11.3. The van der Waals surface area contributed by atoms with Crippen LogP contribution in [0, 0.1) is 0 Å². The molecule has 0 aromatic heterocycles. The van der Waals surface area contributed by atoms with Gasteiger partial charge in [-0.05, 0) is 24.1 Å². The Kier molecular flexibility index (Phi) is 10.1. The Bertz CT molecular complexity index is 622. The monoisotopic (exact) mass is 355 g/mol. The number of benzene rings is 1. The molecule has 0 aliphatic carbocycles. The van der Waals surface area contributed by atoms with E-state index in [0.717, 1.165) is 0 Å². The molecule has 1 rings (SSSR count). The van der Waals surface area contributed by atoms with Crippen molar-refractivity contribution in [2.45, 2.75) is 20.0 Å². The summed E-state index contributed by atoms with van der Waals surface area (Å²) in [6.45, 7) is 1.39. The van der Waals surface area contributed by atoms with Crippen LogP contribution in [-0.4, -0.2) is 37.3 Å². The first-order valence-corrected chi connectivity index (χ1v) is 8.00. The van der Waals surface area contributed by atoms with Crippen LogP contribution in [0.3, 0.4) is 0 Å². The Morgan fingerprint density at radius 1 is 1.26 bits per heavy atom. The molecule has 8 nitrogen and oxygen atoms in total. The molecule has 0 fully saturated rings. The predicted molar refractivity (Wildman–Crippen MR) is 78.1 cm³/mol. The zero-order valence-electron chi connectivity index (χ0n) is 13.9. The fraction of sp³-hybridized carbons (Fsp3) is 0.385. The molecular weight excluding hydrogens is 337 g/mol. The normalized spacial score (nSPS) is 10.3. The smallest absolute Gasteiger partial charge is 1.00 e. The van der Waals surface area contributed by atoms with E-state index in [1.54, 1.807) is 24.3 Å². The molecule has 0 radical (unpaired) electrons. The van der Waals surface area contributed by atoms with Crippen LogP contribution in [0.2, 0.25) is 0 Å². The first kappa shape index (κ1) is 21.9. The maximum Gasteiger partial charge on any atom is 1.00 e. The summed E-state index contributed by atoms with van der Waals surface area (Å²) >= 11 is 0. The van der Waals surface area contributed by atoms with E-state index in [1.165, 1.54) is 6.92 Å². The molecule has 10 heteroatoms. The van der Waals surface area contributed by atoms with Crippen molar-refractivity contribution in [3.05, 3.63) is 29.8 Å². The van der Waals surface area contributed by atoms with E-state index >= 15 is 0 Å². The third-order valence-electron chi connectivity index (χ3n) is 2.40. The van der Waals surface area contributed by atoms with E-state index in [1.807, 2.05) is 0 Å². The molecule has 0 heterocycles. The second-order valence-corrected chi connectivity index (χ2v) is 5.95. The molecule has 1 amide bonds. The van der Waals surface area contributed by atoms with Crippen LogP contribution in [0.1, 0.15) is 20.3 Å². The summed E-state index contributed by atoms with van der Waals surface area (Å²) in [6.07, 6.45) is -0.607. The third kappa shape index (κ3) is 11.1. The molecule has 1 aromatic rings. The minimum absolute atomic E-state index is 0. The van der Waals surface area contributed by atoms with Crippen LogP contribution < -0.4 is 39.6 Å². The van der Waals surface area contributed by atoms with Gasteiger partial charge in [-0.2, -0.15) is 8.42 Å². The van der Waals surface area contributed by atoms with Gasteiger partial charge in [0.25, 0.3) is 10.1 Å². The number of alkyl carbamates (subject to hydrolysis) is 1. The molecule has 0 unspecified atom stereocenters. The Labute approximate surface area is 158 Å². The number of hydrogen-bond acceptors (Lipinski definition) is 6. The maximum atomic E-state index is 11.3. The molecule has 1 aromatic carbocycles. The Morgan fingerprint density at radius 3 is 2.39 bits per heavy atom. The van der Waals surface area contributed by atoms with Crippen molar-refractivity contribution in [2.24, 2.45) is 0 Å². The number of rotatable bonds is 7. The van der Waals surface area contributed by atoms with Gasteiger partial charge in [-0.3, -0.25) is 9.35 Å². The zero-order chi connectivity index (χ0) is 16.6. The van der Waals surface area contributed by atoms with Crippen LogP contribution in [0.15, 0.2) is 24.3 Å². The number of carbonyl (C=O) groups is 2. The summed E-state index contributed by atoms with van der Waals surface area (Å²) in [5.41, 5.74) is 0.698. The number of esters is 1. The number of carbonyl (C=O) groups excluding carboxylic acids is 2. The van der Waals surface area contributed by atoms with Crippen molar-refractivity contribution in [1.29, 1.82) is 0 Å². The van der Waals surface area contributed by atoms with Crippen LogP contribution in [0.25, 0.3) is 0 Å². The number of hydrogen-bond donors (Lipinski definition) is 2. The molecule has 0 bridgehead atoms. The van der Waals surface area contributed by atoms with E-state index in [0.29, 0.717) is 11.3 Å². The van der Waals surface area contributed by atoms with E-state index < -0.39 is 27.9 Å². The molecule has 2 N–H and O–H groups in total. The summed E-state index contributed by atoms with van der Waals surface area (Å²) in [4.78, 5) is 22.1. The topological polar surface area (TPSA) is 119 Å². The molecule has 0 spiro atoms. The van der Waals surface area contributed by atoms with Crippen LogP contribution in [-0.2, 0) is 26.3 Å². The Hall–Kier alpha value is -1.13. The second kappa shape index (κ2) is 10.6. The third-order valence-corrected chi connectivity index (χ3v) is 3.21. The molecule has 23 heavy (non-hydrogen) atoms. The predicted octanol–water partition coefficient (Wildman–Crippen LogP) is -1.77. The van der Waals surface area contributed by atoms with Gasteiger partial charge >= 0.3 is 41.6 Å². The summed E-state index contributed by atoms with van der Waals surface area (Å²) in [7, 11) is -4.02. The summed E-state index contributed by atoms with van der Waals surface area (Å²) < 4.78 is 39.2. The van der Waals surface area contributed by atoms with Crippen molar-refractivity contribution in [3.63, 3.8) is 0 Å². The molecule has 0 aliphatic rings. The van der Waals surface area contributed by atoms with Gasteiger partial charge in [0.15, 0.2) is 0 Å². The Balaban J connectivity index is 0. The van der Waals surface area contributed by atoms with E-state index in [2.05, 4.69) is 5.32 Å². The van der Waals surface area contributed by atoms with Crippen molar-refractivity contribution >= 4 is 22.2 Å². The van der Waals surface area contributed by atoms with Gasteiger partial charge in [-0.15, -0.1) is 0 Å². The standard InChI is InChI=1S/C13H17NO7S.Na.H/c1-10(15)21-12-5-3-11(4-6-12)9-20-13(16)14-7-2-8-22(17,18)19;;/h3-6H,2,7-9H2,1H3,(H,14,16)(H,17,18,19);;/q;+1;-1. The molecule has 0 atom stereocenters. The summed E-state index contributed by atoms with van der Waals surface area (Å²) in [5, 5.41) is 2.36. The minimum atomic E-state index is -4.02. The number of amides is 1. The zero-order valence-corrected chi connectivity index (χ0v) is 15.8. The first-order valence-electron chi connectivity index (χ1n) is 6.39. The Morgan fingerprint density at radius 2 is 1.87 bits per heavy atom. The van der Waals surface area contributed by atoms with Crippen LogP contribution >= 0.6 is 0 Å². The summed E-state index contributed by atoms with van der Waals surface area (Å²) in [6, 6.07) is 6.43. The summed E-state index contributed by atoms with van der Waals surface area (Å²) in [5.74, 6) is -0.454. The van der Waals surface area contributed by atoms with E-state index in [4.69, 9.17) is 14.0 Å². The largest absolute Gasteiger partial charge is 1.00 e. The van der Waals surface area contributed by atoms with Crippen molar-refractivity contribution in [2.75, 3.05) is 12.3 Å². The second-order valence-electron chi connectivity index (χ2n) is 4.38. The van der Waals surface area contributed by atoms with Crippen molar-refractivity contribution < 1.29 is 63.0 Å². The SMILES string of the molecule is CC(=O)Oc1ccc(COC(=O)NCCCS(=O)(=O)O)cc1.[H-].[Na+]. The average molecular weight is 355 g/mol. The van der Waals surface area contributed by atoms with Crippen molar-refractivity contribution in [1.82, 2.24) is 5.32 Å².